The number of nitrogens with zero attached hydrogens (tertiary/aromatic N) is 1. The van der Waals surface area contributed by atoms with Crippen molar-refractivity contribution in [3.8, 4) is 5.75 Å². The number of amides is 1. The van der Waals surface area contributed by atoms with E-state index in [9.17, 15) is 9.90 Å². The summed E-state index contributed by atoms with van der Waals surface area (Å²) in [7, 11) is 1.67. The second kappa shape index (κ2) is 5.46. The van der Waals surface area contributed by atoms with Gasteiger partial charge in [-0.25, -0.2) is 0 Å². The average molecular weight is 238 g/mol. The van der Waals surface area contributed by atoms with Crippen molar-refractivity contribution in [1.29, 1.82) is 0 Å². The SMILES string of the molecule is CN(CCC(N)=S)C(=O)c1cccc(O)c1. The number of carbonyl (C=O) groups excluding carboxylic acids is 1. The maximum absolute atomic E-state index is 11.8. The normalized spacial score (nSPS) is 9.81. The molecule has 0 saturated heterocycles. The molecule has 0 spiro atoms. The maximum Gasteiger partial charge on any atom is 0.253 e. The number of phenolic OH excluding ortho intramolecular Hbond substituents is 1. The molecule has 0 aromatic heterocycles. The number of thiocarbonyl (C=S) groups is 1. The van der Waals surface area contributed by atoms with Crippen LogP contribution in [0.3, 0.4) is 0 Å². The molecule has 0 unspecified atom stereocenters. The summed E-state index contributed by atoms with van der Waals surface area (Å²) < 4.78 is 0. The van der Waals surface area contributed by atoms with Gasteiger partial charge in [0.1, 0.15) is 5.75 Å². The minimum atomic E-state index is -0.160. The lowest BCUT2D eigenvalue weighted by Crippen LogP contribution is -2.29. The van der Waals surface area contributed by atoms with Crippen LogP contribution in [0.2, 0.25) is 0 Å². The van der Waals surface area contributed by atoms with E-state index in [2.05, 4.69) is 0 Å². The third-order valence-corrected chi connectivity index (χ3v) is 2.34. The van der Waals surface area contributed by atoms with E-state index in [1.54, 1.807) is 19.2 Å². The number of hydrogen-bond donors (Lipinski definition) is 2. The molecule has 1 aromatic rings. The molecule has 1 amide bonds. The Kier molecular flexibility index (Phi) is 4.25. The van der Waals surface area contributed by atoms with Gasteiger partial charge in [-0.15, -0.1) is 0 Å². The van der Waals surface area contributed by atoms with Crippen molar-refractivity contribution in [2.24, 2.45) is 5.73 Å². The molecule has 0 radical (unpaired) electrons. The van der Waals surface area contributed by atoms with Crippen LogP contribution >= 0.6 is 12.2 Å². The minimum absolute atomic E-state index is 0.0774. The Morgan fingerprint density at radius 1 is 1.56 bits per heavy atom. The van der Waals surface area contributed by atoms with Gasteiger partial charge in [0.25, 0.3) is 5.91 Å². The summed E-state index contributed by atoms with van der Waals surface area (Å²) in [6.45, 7) is 0.476. The zero-order valence-electron chi connectivity index (χ0n) is 9.01. The standard InChI is InChI=1S/C11H14N2O2S/c1-13(6-5-10(12)16)11(15)8-3-2-4-9(14)7-8/h2-4,7,14H,5-6H2,1H3,(H2,12,16). The van der Waals surface area contributed by atoms with Crippen molar-refractivity contribution in [3.05, 3.63) is 29.8 Å². The lowest BCUT2D eigenvalue weighted by Gasteiger charge is -2.16. The number of rotatable bonds is 4. The third kappa shape index (κ3) is 3.51. The van der Waals surface area contributed by atoms with Crippen LogP contribution in [0, 0.1) is 0 Å². The van der Waals surface area contributed by atoms with Gasteiger partial charge in [0.2, 0.25) is 0 Å². The summed E-state index contributed by atoms with van der Waals surface area (Å²) >= 11 is 4.74. The van der Waals surface area contributed by atoms with Crippen LogP contribution in [0.1, 0.15) is 16.8 Å². The summed E-state index contributed by atoms with van der Waals surface area (Å²) in [5.41, 5.74) is 5.81. The van der Waals surface area contributed by atoms with Gasteiger partial charge in [-0.3, -0.25) is 4.79 Å². The van der Waals surface area contributed by atoms with Gasteiger partial charge in [-0.05, 0) is 18.2 Å². The van der Waals surface area contributed by atoms with E-state index in [0.29, 0.717) is 23.5 Å². The predicted octanol–water partition coefficient (Wildman–Crippen LogP) is 1.14. The van der Waals surface area contributed by atoms with Crippen molar-refractivity contribution in [1.82, 2.24) is 4.90 Å². The summed E-state index contributed by atoms with van der Waals surface area (Å²) in [4.78, 5) is 13.7. The number of hydrogen-bond acceptors (Lipinski definition) is 3. The highest BCUT2D eigenvalue weighted by atomic mass is 32.1. The van der Waals surface area contributed by atoms with Crippen molar-refractivity contribution in [2.75, 3.05) is 13.6 Å². The lowest BCUT2D eigenvalue weighted by atomic mass is 10.2. The van der Waals surface area contributed by atoms with Gasteiger partial charge in [-0.2, -0.15) is 0 Å². The Labute approximate surface area is 99.7 Å². The van der Waals surface area contributed by atoms with Crippen LogP contribution in [0.15, 0.2) is 24.3 Å². The van der Waals surface area contributed by atoms with Crippen LogP contribution in [-0.2, 0) is 0 Å². The second-order valence-corrected chi connectivity index (χ2v) is 4.02. The Hall–Kier alpha value is -1.62. The highest BCUT2D eigenvalue weighted by molar-refractivity contribution is 7.80. The molecule has 5 heteroatoms. The summed E-state index contributed by atoms with van der Waals surface area (Å²) in [6, 6.07) is 6.23. The van der Waals surface area contributed by atoms with Gasteiger partial charge in [0.05, 0.1) is 4.99 Å². The number of benzene rings is 1. The first-order valence-corrected chi connectivity index (χ1v) is 5.24. The molecule has 0 aliphatic heterocycles. The number of carbonyl (C=O) groups is 1. The summed E-state index contributed by atoms with van der Waals surface area (Å²) in [6.07, 6.45) is 0.496. The van der Waals surface area contributed by atoms with E-state index in [-0.39, 0.29) is 11.7 Å². The maximum atomic E-state index is 11.8. The molecule has 0 bridgehead atoms. The fourth-order valence-electron chi connectivity index (χ4n) is 1.24. The van der Waals surface area contributed by atoms with E-state index < -0.39 is 0 Å². The van der Waals surface area contributed by atoms with Crippen molar-refractivity contribution in [3.63, 3.8) is 0 Å². The molecule has 4 nitrogen and oxygen atoms in total. The molecule has 0 aliphatic rings. The Morgan fingerprint density at radius 2 is 2.25 bits per heavy atom. The molecule has 1 rings (SSSR count). The molecule has 16 heavy (non-hydrogen) atoms. The largest absolute Gasteiger partial charge is 0.508 e. The van der Waals surface area contributed by atoms with Crippen LogP contribution < -0.4 is 5.73 Å². The smallest absolute Gasteiger partial charge is 0.253 e. The van der Waals surface area contributed by atoms with Gasteiger partial charge >= 0.3 is 0 Å². The number of aromatic hydroxyl groups is 1. The first-order valence-electron chi connectivity index (χ1n) is 4.83. The second-order valence-electron chi connectivity index (χ2n) is 3.49. The molecule has 0 atom stereocenters. The van der Waals surface area contributed by atoms with E-state index in [1.807, 2.05) is 0 Å². The van der Waals surface area contributed by atoms with Gasteiger partial charge < -0.3 is 15.7 Å². The first kappa shape index (κ1) is 12.4. The van der Waals surface area contributed by atoms with Crippen LogP contribution in [-0.4, -0.2) is 34.5 Å². The molecule has 0 aliphatic carbocycles. The van der Waals surface area contributed by atoms with E-state index in [0.717, 1.165) is 0 Å². The van der Waals surface area contributed by atoms with Crippen molar-refractivity contribution >= 4 is 23.1 Å². The fourth-order valence-corrected chi connectivity index (χ4v) is 1.33. The first-order chi connectivity index (χ1) is 7.50. The van der Waals surface area contributed by atoms with E-state index in [4.69, 9.17) is 18.0 Å². The Bertz CT molecular complexity index is 407. The predicted molar refractivity (Wildman–Crippen MR) is 66.5 cm³/mol. The molecular formula is C11H14N2O2S. The van der Waals surface area contributed by atoms with Gasteiger partial charge in [0, 0.05) is 25.6 Å². The molecule has 1 aromatic carbocycles. The van der Waals surface area contributed by atoms with Crippen molar-refractivity contribution in [2.45, 2.75) is 6.42 Å². The van der Waals surface area contributed by atoms with Crippen LogP contribution in [0.4, 0.5) is 0 Å². The monoisotopic (exact) mass is 238 g/mol. The molecule has 0 heterocycles. The van der Waals surface area contributed by atoms with Crippen molar-refractivity contribution < 1.29 is 9.90 Å². The molecular weight excluding hydrogens is 224 g/mol. The van der Waals surface area contributed by atoms with Gasteiger partial charge in [-0.1, -0.05) is 18.3 Å². The summed E-state index contributed by atoms with van der Waals surface area (Å²) in [5.74, 6) is -0.0826. The Morgan fingerprint density at radius 3 is 2.81 bits per heavy atom. The van der Waals surface area contributed by atoms with Crippen LogP contribution in [0.25, 0.3) is 0 Å². The van der Waals surface area contributed by atoms with E-state index >= 15 is 0 Å². The average Bonchev–Trinajstić information content (AvgIpc) is 2.24. The zero-order valence-corrected chi connectivity index (χ0v) is 9.83. The number of nitrogens with two attached hydrogens (primary N) is 1. The lowest BCUT2D eigenvalue weighted by molar-refractivity contribution is 0.0798. The van der Waals surface area contributed by atoms with E-state index in [1.165, 1.54) is 17.0 Å². The number of phenols is 1. The molecule has 0 saturated carbocycles. The molecule has 0 fully saturated rings. The third-order valence-electron chi connectivity index (χ3n) is 2.13. The highest BCUT2D eigenvalue weighted by Gasteiger charge is 2.11. The van der Waals surface area contributed by atoms with Crippen LogP contribution in [0.5, 0.6) is 5.75 Å². The Balaban J connectivity index is 2.67. The minimum Gasteiger partial charge on any atom is -0.508 e. The highest BCUT2D eigenvalue weighted by Crippen LogP contribution is 2.12. The topological polar surface area (TPSA) is 66.6 Å². The fraction of sp³-hybridized carbons (Fsp3) is 0.273. The quantitative estimate of drug-likeness (QED) is 0.772. The zero-order chi connectivity index (χ0) is 12.1. The molecule has 3 N–H and O–H groups in total. The molecule has 86 valence electrons. The summed E-state index contributed by atoms with van der Waals surface area (Å²) in [5, 5.41) is 9.25. The van der Waals surface area contributed by atoms with Gasteiger partial charge in [0.15, 0.2) is 0 Å².